The highest BCUT2D eigenvalue weighted by atomic mass is 16.2. The van der Waals surface area contributed by atoms with Crippen LogP contribution in [-0.2, 0) is 11.3 Å². The summed E-state index contributed by atoms with van der Waals surface area (Å²) in [7, 11) is 0. The van der Waals surface area contributed by atoms with Crippen molar-refractivity contribution in [1.82, 2.24) is 5.01 Å². The van der Waals surface area contributed by atoms with Gasteiger partial charge in [0.05, 0.1) is 18.2 Å². The number of carbonyl (C=O) groups is 1. The normalized spacial score (nSPS) is 19.1. The van der Waals surface area contributed by atoms with E-state index in [1.165, 1.54) is 5.56 Å². The molecule has 1 aromatic rings. The first-order valence-electron chi connectivity index (χ1n) is 7.49. The van der Waals surface area contributed by atoms with Crippen LogP contribution < -0.4 is 5.73 Å². The van der Waals surface area contributed by atoms with E-state index in [4.69, 9.17) is 5.73 Å². The molecule has 2 N–H and O–H groups in total. The van der Waals surface area contributed by atoms with E-state index in [0.29, 0.717) is 19.5 Å². The minimum absolute atomic E-state index is 0.0750. The second-order valence-electron chi connectivity index (χ2n) is 6.75. The molecule has 114 valence electrons. The molecule has 1 heterocycles. The quantitative estimate of drug-likeness (QED) is 0.925. The average molecular weight is 287 g/mol. The van der Waals surface area contributed by atoms with Crippen LogP contribution in [0.1, 0.15) is 38.3 Å². The fraction of sp³-hybridized carbons (Fsp3) is 0.529. The number of nitrogens with two attached hydrogens (primary N) is 1. The van der Waals surface area contributed by atoms with Crippen molar-refractivity contribution < 1.29 is 4.79 Å². The van der Waals surface area contributed by atoms with Crippen LogP contribution in [0.25, 0.3) is 0 Å². The third-order valence-electron chi connectivity index (χ3n) is 3.79. The van der Waals surface area contributed by atoms with E-state index in [1.807, 2.05) is 12.1 Å². The molecule has 4 heteroatoms. The number of amides is 1. The van der Waals surface area contributed by atoms with E-state index in [0.717, 1.165) is 11.3 Å². The maximum absolute atomic E-state index is 12.6. The Morgan fingerprint density at radius 1 is 1.24 bits per heavy atom. The molecule has 1 aromatic carbocycles. The first kappa shape index (κ1) is 15.7. The molecule has 0 saturated carbocycles. The summed E-state index contributed by atoms with van der Waals surface area (Å²) in [4.78, 5) is 12.6. The van der Waals surface area contributed by atoms with Crippen molar-refractivity contribution in [2.24, 2.45) is 22.2 Å². The number of hydrogen-bond acceptors (Lipinski definition) is 3. The fourth-order valence-corrected chi connectivity index (χ4v) is 2.63. The van der Waals surface area contributed by atoms with Gasteiger partial charge in [-0.05, 0) is 25.5 Å². The molecule has 0 spiro atoms. The molecule has 0 fully saturated rings. The van der Waals surface area contributed by atoms with Crippen LogP contribution in [0.2, 0.25) is 0 Å². The van der Waals surface area contributed by atoms with Gasteiger partial charge < -0.3 is 5.73 Å². The summed E-state index contributed by atoms with van der Waals surface area (Å²) in [6.07, 6.45) is 0.666. The van der Waals surface area contributed by atoms with Crippen LogP contribution in [0.3, 0.4) is 0 Å². The Labute approximate surface area is 127 Å². The number of hydrazone groups is 1. The molecule has 0 aromatic heterocycles. The first-order valence-corrected chi connectivity index (χ1v) is 7.49. The number of hydrogen-bond donors (Lipinski definition) is 1. The summed E-state index contributed by atoms with van der Waals surface area (Å²) in [5.41, 5.74) is 8.81. The van der Waals surface area contributed by atoms with E-state index < -0.39 is 0 Å². The van der Waals surface area contributed by atoms with Gasteiger partial charge in [0.1, 0.15) is 0 Å². The molecule has 2 rings (SSSR count). The van der Waals surface area contributed by atoms with E-state index >= 15 is 0 Å². The maximum atomic E-state index is 12.6. The Morgan fingerprint density at radius 3 is 2.38 bits per heavy atom. The summed E-state index contributed by atoms with van der Waals surface area (Å²) in [6, 6.07) is 8.21. The zero-order chi connectivity index (χ0) is 15.6. The molecule has 1 atom stereocenters. The summed E-state index contributed by atoms with van der Waals surface area (Å²) in [5.74, 6) is -0.0913. The van der Waals surface area contributed by atoms with Crippen LogP contribution in [0, 0.1) is 18.3 Å². The molecule has 0 bridgehead atoms. The van der Waals surface area contributed by atoms with E-state index in [1.54, 1.807) is 5.01 Å². The Morgan fingerprint density at radius 2 is 1.86 bits per heavy atom. The summed E-state index contributed by atoms with van der Waals surface area (Å²) in [6.45, 7) is 9.37. The van der Waals surface area contributed by atoms with Crippen LogP contribution >= 0.6 is 0 Å². The summed E-state index contributed by atoms with van der Waals surface area (Å²) < 4.78 is 0. The van der Waals surface area contributed by atoms with Gasteiger partial charge in [0.15, 0.2) is 0 Å². The van der Waals surface area contributed by atoms with Gasteiger partial charge in [-0.1, -0.05) is 50.6 Å². The number of nitrogens with zero attached hydrogens (tertiary/aromatic N) is 2. The highest BCUT2D eigenvalue weighted by molar-refractivity contribution is 6.10. The van der Waals surface area contributed by atoms with Gasteiger partial charge in [0, 0.05) is 5.41 Å². The van der Waals surface area contributed by atoms with Crippen molar-refractivity contribution in [3.05, 3.63) is 35.4 Å². The second-order valence-corrected chi connectivity index (χ2v) is 6.75. The van der Waals surface area contributed by atoms with Crippen LogP contribution in [0.4, 0.5) is 0 Å². The smallest absolute Gasteiger partial charge is 0.251 e. The molecule has 0 saturated heterocycles. The molecule has 0 radical (unpaired) electrons. The van der Waals surface area contributed by atoms with Crippen LogP contribution in [-0.4, -0.2) is 23.2 Å². The van der Waals surface area contributed by atoms with Crippen LogP contribution in [0.5, 0.6) is 0 Å². The number of rotatable bonds is 4. The minimum Gasteiger partial charge on any atom is -0.330 e. The molecular formula is C17H25N3O. The topological polar surface area (TPSA) is 58.7 Å². The lowest BCUT2D eigenvalue weighted by Crippen LogP contribution is -2.33. The first-order chi connectivity index (χ1) is 9.82. The zero-order valence-electron chi connectivity index (χ0n) is 13.4. The largest absolute Gasteiger partial charge is 0.330 e. The summed E-state index contributed by atoms with van der Waals surface area (Å²) >= 11 is 0. The number of aryl methyl sites for hydroxylation is 1. The SMILES string of the molecule is Cc1ccc(CN2N=C(C(C)(C)C)C(CCN)C2=O)cc1. The molecule has 1 aliphatic rings. The molecular weight excluding hydrogens is 262 g/mol. The molecule has 4 nitrogen and oxygen atoms in total. The van der Waals surface area contributed by atoms with Crippen molar-refractivity contribution in [1.29, 1.82) is 0 Å². The van der Waals surface area contributed by atoms with Gasteiger partial charge in [0.2, 0.25) is 0 Å². The Bertz CT molecular complexity index is 540. The fourth-order valence-electron chi connectivity index (χ4n) is 2.63. The lowest BCUT2D eigenvalue weighted by molar-refractivity contribution is -0.132. The van der Waals surface area contributed by atoms with E-state index in [2.05, 4.69) is 44.9 Å². The zero-order valence-corrected chi connectivity index (χ0v) is 13.4. The van der Waals surface area contributed by atoms with Gasteiger partial charge in [-0.3, -0.25) is 4.79 Å². The second kappa shape index (κ2) is 5.98. The summed E-state index contributed by atoms with van der Waals surface area (Å²) in [5, 5.41) is 6.21. The molecule has 1 unspecified atom stereocenters. The molecule has 1 aliphatic heterocycles. The molecule has 1 amide bonds. The Hall–Kier alpha value is -1.68. The minimum atomic E-state index is -0.166. The third-order valence-corrected chi connectivity index (χ3v) is 3.79. The number of carbonyl (C=O) groups excluding carboxylic acids is 1. The van der Waals surface area contributed by atoms with E-state index in [-0.39, 0.29) is 17.2 Å². The van der Waals surface area contributed by atoms with Crippen molar-refractivity contribution in [3.63, 3.8) is 0 Å². The maximum Gasteiger partial charge on any atom is 0.251 e. The van der Waals surface area contributed by atoms with E-state index in [9.17, 15) is 4.79 Å². The lowest BCUT2D eigenvalue weighted by atomic mass is 9.81. The van der Waals surface area contributed by atoms with Gasteiger partial charge in [-0.15, -0.1) is 0 Å². The highest BCUT2D eigenvalue weighted by Gasteiger charge is 2.40. The predicted octanol–water partition coefficient (Wildman–Crippen LogP) is 2.70. The number of benzene rings is 1. The van der Waals surface area contributed by atoms with Crippen molar-refractivity contribution in [2.45, 2.75) is 40.7 Å². The van der Waals surface area contributed by atoms with Gasteiger partial charge in [-0.25, -0.2) is 5.01 Å². The third kappa shape index (κ3) is 3.50. The van der Waals surface area contributed by atoms with Crippen molar-refractivity contribution in [3.8, 4) is 0 Å². The standard InChI is InChI=1S/C17H25N3O/c1-12-5-7-13(8-6-12)11-20-16(21)14(9-10-18)15(19-20)17(2,3)4/h5-8,14H,9-11,18H2,1-4H3. The monoisotopic (exact) mass is 287 g/mol. The Kier molecular flexibility index (Phi) is 4.47. The van der Waals surface area contributed by atoms with Gasteiger partial charge >= 0.3 is 0 Å². The average Bonchev–Trinajstić information content (AvgIpc) is 2.71. The molecule has 0 aliphatic carbocycles. The lowest BCUT2D eigenvalue weighted by Gasteiger charge is -2.21. The van der Waals surface area contributed by atoms with Gasteiger partial charge in [0.25, 0.3) is 5.91 Å². The predicted molar refractivity (Wildman–Crippen MR) is 85.8 cm³/mol. The van der Waals surface area contributed by atoms with Crippen LogP contribution in [0.15, 0.2) is 29.4 Å². The van der Waals surface area contributed by atoms with Gasteiger partial charge in [-0.2, -0.15) is 5.10 Å². The van der Waals surface area contributed by atoms with Crippen molar-refractivity contribution >= 4 is 11.6 Å². The highest BCUT2D eigenvalue weighted by Crippen LogP contribution is 2.31. The Balaban J connectivity index is 2.22. The van der Waals surface area contributed by atoms with Crippen molar-refractivity contribution in [2.75, 3.05) is 6.54 Å². The molecule has 21 heavy (non-hydrogen) atoms.